The first kappa shape index (κ1) is 45.0. The van der Waals surface area contributed by atoms with Crippen LogP contribution in [-0.4, -0.2) is 9.13 Å². The Bertz CT molecular complexity index is 4420. The molecule has 78 heavy (non-hydrogen) atoms. The number of para-hydroxylation sites is 2. The molecule has 366 valence electrons. The summed E-state index contributed by atoms with van der Waals surface area (Å²) in [7, 11) is 0. The van der Waals surface area contributed by atoms with Gasteiger partial charge in [-0.25, -0.2) is 0 Å². The first-order valence-electron chi connectivity index (χ1n) is 26.7. The second-order valence-electron chi connectivity index (χ2n) is 20.1. The molecule has 2 aromatic heterocycles. The number of anilines is 6. The molecular formula is C74H50N4. The van der Waals surface area contributed by atoms with Crippen molar-refractivity contribution in [3.63, 3.8) is 0 Å². The molecule has 4 nitrogen and oxygen atoms in total. The molecule has 0 saturated carbocycles. The Morgan fingerprint density at radius 2 is 0.513 bits per heavy atom. The first-order chi connectivity index (χ1) is 38.7. The van der Waals surface area contributed by atoms with Crippen LogP contribution in [0.1, 0.15) is 0 Å². The van der Waals surface area contributed by atoms with Gasteiger partial charge in [0.25, 0.3) is 0 Å². The van der Waals surface area contributed by atoms with Crippen molar-refractivity contribution in [1.29, 1.82) is 0 Å². The fourth-order valence-corrected chi connectivity index (χ4v) is 12.1. The molecule has 0 N–H and O–H groups in total. The highest BCUT2D eigenvalue weighted by Gasteiger charge is 2.23. The molecule has 0 aliphatic heterocycles. The fourth-order valence-electron chi connectivity index (χ4n) is 12.1. The minimum absolute atomic E-state index is 1.04. The second kappa shape index (κ2) is 18.7. The number of hydrogen-bond donors (Lipinski definition) is 0. The van der Waals surface area contributed by atoms with Crippen LogP contribution in [0.4, 0.5) is 34.1 Å². The molecule has 0 fully saturated rings. The molecule has 0 spiro atoms. The number of benzene rings is 13. The molecule has 0 radical (unpaired) electrons. The van der Waals surface area contributed by atoms with Gasteiger partial charge in [-0.3, -0.25) is 0 Å². The van der Waals surface area contributed by atoms with Crippen molar-refractivity contribution in [2.24, 2.45) is 0 Å². The quantitative estimate of drug-likeness (QED) is 0.136. The number of fused-ring (bicyclic) bond motifs is 8. The van der Waals surface area contributed by atoms with Crippen molar-refractivity contribution >= 4 is 99.3 Å². The zero-order valence-corrected chi connectivity index (χ0v) is 42.7. The second-order valence-corrected chi connectivity index (χ2v) is 20.1. The molecule has 4 heteroatoms. The molecule has 0 aliphatic carbocycles. The lowest BCUT2D eigenvalue weighted by Crippen LogP contribution is -2.13. The number of rotatable bonds is 10. The molecule has 13 aromatic carbocycles. The van der Waals surface area contributed by atoms with Crippen LogP contribution >= 0.6 is 0 Å². The Labute approximate surface area is 452 Å². The molecule has 0 amide bonds. The van der Waals surface area contributed by atoms with E-state index in [1.807, 2.05) is 0 Å². The van der Waals surface area contributed by atoms with Crippen molar-refractivity contribution in [3.05, 3.63) is 303 Å². The lowest BCUT2D eigenvalue weighted by molar-refractivity contribution is 1.19. The number of nitrogens with zero attached hydrogens (tertiary/aromatic N) is 4. The molecule has 15 rings (SSSR count). The molecule has 0 aliphatic rings. The van der Waals surface area contributed by atoms with Crippen molar-refractivity contribution < 1.29 is 0 Å². The first-order valence-corrected chi connectivity index (χ1v) is 26.7. The summed E-state index contributed by atoms with van der Waals surface area (Å²) in [5.41, 5.74) is 18.1. The highest BCUT2D eigenvalue weighted by Crippen LogP contribution is 2.46. The molecular weight excluding hydrogens is 945 g/mol. The van der Waals surface area contributed by atoms with Gasteiger partial charge in [-0.15, -0.1) is 0 Å². The Balaban J connectivity index is 0.920. The van der Waals surface area contributed by atoms with E-state index in [4.69, 9.17) is 0 Å². The predicted molar refractivity (Wildman–Crippen MR) is 330 cm³/mol. The Hall–Kier alpha value is -10.4. The summed E-state index contributed by atoms with van der Waals surface area (Å²) in [4.78, 5) is 4.81. The lowest BCUT2D eigenvalue weighted by atomic mass is 10.0. The van der Waals surface area contributed by atoms with E-state index < -0.39 is 0 Å². The zero-order valence-electron chi connectivity index (χ0n) is 42.7. The minimum Gasteiger partial charge on any atom is -0.310 e. The van der Waals surface area contributed by atoms with Gasteiger partial charge in [-0.05, 0) is 148 Å². The minimum atomic E-state index is 1.04. The molecule has 0 unspecified atom stereocenters. The summed E-state index contributed by atoms with van der Waals surface area (Å²) >= 11 is 0. The maximum atomic E-state index is 2.45. The van der Waals surface area contributed by atoms with Crippen LogP contribution in [0.15, 0.2) is 303 Å². The third-order valence-electron chi connectivity index (χ3n) is 15.6. The highest BCUT2D eigenvalue weighted by molar-refractivity contribution is 6.14. The van der Waals surface area contributed by atoms with Gasteiger partial charge in [0.15, 0.2) is 0 Å². The van der Waals surface area contributed by atoms with Crippen LogP contribution in [0.2, 0.25) is 0 Å². The smallest absolute Gasteiger partial charge is 0.0542 e. The zero-order chi connectivity index (χ0) is 51.5. The summed E-state index contributed by atoms with van der Waals surface area (Å²) in [6.45, 7) is 0. The Kier molecular flexibility index (Phi) is 10.8. The average molecular weight is 995 g/mol. The van der Waals surface area contributed by atoms with E-state index in [0.717, 1.165) is 56.5 Å². The van der Waals surface area contributed by atoms with Gasteiger partial charge < -0.3 is 18.9 Å². The largest absolute Gasteiger partial charge is 0.310 e. The SMILES string of the molecule is c1ccc(-c2ccc3c(c2)c2cc(N(c4ccccc4)c4cccc(N(c5ccccc5)c5ccc6c(c5)c5cc(-c7ccccc7)ccc5n6-c5cccc6ccccc56)c4)ccc2n3-c2cccc3ccccc23)cc1. The van der Waals surface area contributed by atoms with Crippen LogP contribution in [0.25, 0.3) is 98.8 Å². The van der Waals surface area contributed by atoms with Gasteiger partial charge in [0, 0.05) is 66.4 Å². The van der Waals surface area contributed by atoms with E-state index in [1.165, 1.54) is 76.4 Å². The summed E-state index contributed by atoms with van der Waals surface area (Å²) in [6, 6.07) is 111. The third-order valence-corrected chi connectivity index (χ3v) is 15.6. The molecule has 0 saturated heterocycles. The van der Waals surface area contributed by atoms with Crippen LogP contribution in [0.5, 0.6) is 0 Å². The fraction of sp³-hybridized carbons (Fsp3) is 0. The van der Waals surface area contributed by atoms with E-state index in [-0.39, 0.29) is 0 Å². The Morgan fingerprint density at radius 1 is 0.192 bits per heavy atom. The van der Waals surface area contributed by atoms with E-state index in [9.17, 15) is 0 Å². The number of hydrogen-bond acceptors (Lipinski definition) is 2. The van der Waals surface area contributed by atoms with Crippen molar-refractivity contribution in [2.75, 3.05) is 9.80 Å². The van der Waals surface area contributed by atoms with Gasteiger partial charge in [0.05, 0.1) is 33.4 Å². The number of aromatic nitrogens is 2. The maximum absolute atomic E-state index is 2.45. The van der Waals surface area contributed by atoms with Crippen LogP contribution in [0, 0.1) is 0 Å². The van der Waals surface area contributed by atoms with Crippen LogP contribution in [0.3, 0.4) is 0 Å². The third kappa shape index (κ3) is 7.61. The summed E-state index contributed by atoms with van der Waals surface area (Å²) < 4.78 is 4.91. The Morgan fingerprint density at radius 3 is 0.949 bits per heavy atom. The van der Waals surface area contributed by atoms with Gasteiger partial charge in [0.1, 0.15) is 0 Å². The summed E-state index contributed by atoms with van der Waals surface area (Å²) in [6.07, 6.45) is 0. The van der Waals surface area contributed by atoms with E-state index in [2.05, 4.69) is 322 Å². The van der Waals surface area contributed by atoms with Crippen LogP contribution < -0.4 is 9.80 Å². The van der Waals surface area contributed by atoms with E-state index >= 15 is 0 Å². The predicted octanol–water partition coefficient (Wildman–Crippen LogP) is 20.5. The molecule has 15 aromatic rings. The van der Waals surface area contributed by atoms with Gasteiger partial charge >= 0.3 is 0 Å². The normalized spacial score (nSPS) is 11.6. The van der Waals surface area contributed by atoms with Crippen molar-refractivity contribution in [1.82, 2.24) is 9.13 Å². The van der Waals surface area contributed by atoms with Crippen LogP contribution in [-0.2, 0) is 0 Å². The standard InChI is InChI=1S/C74H50N4/c1-5-20-51(21-6-1)55-38-42-71-65(46-55)67-49-61(40-44-73(67)77(71)69-36-17-26-53-24-13-15-34-63(53)69)75(57-28-9-3-10-29-57)59-32-19-33-60(48-59)76(58-30-11-4-12-31-58)62-41-45-74-68(50-62)66-47-56(52-22-7-2-8-23-52)39-43-72(66)78(74)70-37-18-27-54-25-14-16-35-64(54)70/h1-50H. The van der Waals surface area contributed by atoms with Crippen molar-refractivity contribution in [3.8, 4) is 33.6 Å². The monoisotopic (exact) mass is 994 g/mol. The van der Waals surface area contributed by atoms with Gasteiger partial charge in [0.2, 0.25) is 0 Å². The van der Waals surface area contributed by atoms with E-state index in [1.54, 1.807) is 0 Å². The van der Waals surface area contributed by atoms with Crippen molar-refractivity contribution in [2.45, 2.75) is 0 Å². The molecule has 2 heterocycles. The summed E-state index contributed by atoms with van der Waals surface area (Å²) in [5, 5.41) is 9.63. The van der Waals surface area contributed by atoms with Gasteiger partial charge in [-0.1, -0.05) is 188 Å². The topological polar surface area (TPSA) is 16.3 Å². The van der Waals surface area contributed by atoms with Gasteiger partial charge in [-0.2, -0.15) is 0 Å². The lowest BCUT2D eigenvalue weighted by Gasteiger charge is -2.29. The molecule has 0 atom stereocenters. The molecule has 0 bridgehead atoms. The maximum Gasteiger partial charge on any atom is 0.0542 e. The summed E-state index contributed by atoms with van der Waals surface area (Å²) in [5.74, 6) is 0. The average Bonchev–Trinajstić information content (AvgIpc) is 4.03. The van der Waals surface area contributed by atoms with E-state index in [0.29, 0.717) is 0 Å². The highest BCUT2D eigenvalue weighted by atomic mass is 15.2.